The minimum atomic E-state index is -0.978. The number of hydroxylamine groups is 1. The van der Waals surface area contributed by atoms with E-state index in [4.69, 9.17) is 4.74 Å². The van der Waals surface area contributed by atoms with Crippen LogP contribution in [0.25, 0.3) is 0 Å². The summed E-state index contributed by atoms with van der Waals surface area (Å²) in [5.74, 6) is 0.147. The Morgan fingerprint density at radius 1 is 1.47 bits per heavy atom. The van der Waals surface area contributed by atoms with E-state index >= 15 is 0 Å². The van der Waals surface area contributed by atoms with Gasteiger partial charge in [-0.3, -0.25) is 0 Å². The van der Waals surface area contributed by atoms with Crippen molar-refractivity contribution in [3.63, 3.8) is 0 Å². The molecule has 1 atom stereocenters. The highest BCUT2D eigenvalue weighted by molar-refractivity contribution is 5.81. The van der Waals surface area contributed by atoms with Gasteiger partial charge in [0.25, 0.3) is 5.54 Å². The third kappa shape index (κ3) is 2.61. The summed E-state index contributed by atoms with van der Waals surface area (Å²) in [4.78, 5) is 11.9. The average molecular weight is 239 g/mol. The Morgan fingerprint density at radius 3 is 2.76 bits per heavy atom. The Balaban J connectivity index is 1.82. The lowest BCUT2D eigenvalue weighted by Gasteiger charge is -2.25. The zero-order chi connectivity index (χ0) is 12.3. The summed E-state index contributed by atoms with van der Waals surface area (Å²) >= 11 is 0. The highest BCUT2D eigenvalue weighted by atomic mass is 16.5. The first-order valence-corrected chi connectivity index (χ1v) is 6.60. The molecular formula is C13H21NO3. The summed E-state index contributed by atoms with van der Waals surface area (Å²) in [6, 6.07) is 0. The summed E-state index contributed by atoms with van der Waals surface area (Å²) in [5, 5.41) is 11.5. The molecule has 0 N–H and O–H groups in total. The predicted octanol–water partition coefficient (Wildman–Crippen LogP) is 2.24. The van der Waals surface area contributed by atoms with E-state index in [1.165, 1.54) is 25.5 Å². The van der Waals surface area contributed by atoms with Crippen molar-refractivity contribution in [2.45, 2.75) is 57.4 Å². The molecule has 1 saturated carbocycles. The second kappa shape index (κ2) is 5.07. The summed E-state index contributed by atoms with van der Waals surface area (Å²) in [6.45, 7) is 2.16. The van der Waals surface area contributed by atoms with Crippen molar-refractivity contribution >= 4 is 12.2 Å². The number of hydrogen-bond donors (Lipinski definition) is 0. The van der Waals surface area contributed by atoms with Crippen molar-refractivity contribution < 1.29 is 14.3 Å². The molecule has 4 heteroatoms. The van der Waals surface area contributed by atoms with Crippen molar-refractivity contribution in [3.8, 4) is 0 Å². The van der Waals surface area contributed by atoms with Crippen LogP contribution in [0.1, 0.15) is 51.9 Å². The molecule has 4 nitrogen and oxygen atoms in total. The van der Waals surface area contributed by atoms with E-state index in [2.05, 4.69) is 0 Å². The summed E-state index contributed by atoms with van der Waals surface area (Å²) in [6.07, 6.45) is 8.84. The standard InChI is InChI=1S/C13H21NO3/c1-13(8-5-9-14(13)16)12(15)17-10-11-6-3-2-4-7-11/h9,11H,2-8,10H2,1H3/t13-/m1/s1. The molecule has 2 rings (SSSR count). The number of nitrogens with zero attached hydrogens (tertiary/aromatic N) is 1. The Labute approximate surface area is 102 Å². The largest absolute Gasteiger partial charge is 0.623 e. The number of hydrogen-bond acceptors (Lipinski definition) is 3. The van der Waals surface area contributed by atoms with Crippen LogP contribution in [0, 0.1) is 11.1 Å². The first-order chi connectivity index (χ1) is 8.13. The second-order valence-corrected chi connectivity index (χ2v) is 5.42. The van der Waals surface area contributed by atoms with Crippen LogP contribution in [0.5, 0.6) is 0 Å². The van der Waals surface area contributed by atoms with E-state index in [1.54, 1.807) is 6.92 Å². The van der Waals surface area contributed by atoms with Gasteiger partial charge in [-0.25, -0.2) is 4.79 Å². The number of rotatable bonds is 3. The van der Waals surface area contributed by atoms with E-state index in [0.717, 1.165) is 17.6 Å². The van der Waals surface area contributed by atoms with Gasteiger partial charge in [0.05, 0.1) is 6.61 Å². The quantitative estimate of drug-likeness (QED) is 0.431. The van der Waals surface area contributed by atoms with Gasteiger partial charge < -0.3 is 9.94 Å². The highest BCUT2D eigenvalue weighted by Crippen LogP contribution is 2.26. The molecule has 17 heavy (non-hydrogen) atoms. The van der Waals surface area contributed by atoms with Crippen molar-refractivity contribution in [2.24, 2.45) is 5.92 Å². The molecule has 0 radical (unpaired) electrons. The van der Waals surface area contributed by atoms with Crippen LogP contribution >= 0.6 is 0 Å². The zero-order valence-electron chi connectivity index (χ0n) is 10.5. The highest BCUT2D eigenvalue weighted by Gasteiger charge is 2.46. The molecule has 0 bridgehead atoms. The van der Waals surface area contributed by atoms with Crippen LogP contribution in [0.2, 0.25) is 0 Å². The topological polar surface area (TPSA) is 52.4 Å². The third-order valence-electron chi connectivity index (χ3n) is 4.03. The lowest BCUT2D eigenvalue weighted by Crippen LogP contribution is -2.43. The lowest BCUT2D eigenvalue weighted by molar-refractivity contribution is -0.518. The summed E-state index contributed by atoms with van der Waals surface area (Å²) in [5.41, 5.74) is -0.978. The molecule has 0 amide bonds. The van der Waals surface area contributed by atoms with Crippen LogP contribution in [0.4, 0.5) is 0 Å². The minimum Gasteiger partial charge on any atom is -0.623 e. The van der Waals surface area contributed by atoms with Crippen molar-refractivity contribution in [1.82, 2.24) is 0 Å². The first-order valence-electron chi connectivity index (χ1n) is 6.60. The van der Waals surface area contributed by atoms with Crippen molar-refractivity contribution in [1.29, 1.82) is 0 Å². The fraction of sp³-hybridized carbons (Fsp3) is 0.846. The maximum absolute atomic E-state index is 11.9. The van der Waals surface area contributed by atoms with Crippen LogP contribution in [0.15, 0.2) is 0 Å². The second-order valence-electron chi connectivity index (χ2n) is 5.42. The monoisotopic (exact) mass is 239 g/mol. The maximum atomic E-state index is 11.9. The minimum absolute atomic E-state index is 0.355. The molecule has 0 unspecified atom stereocenters. The van der Waals surface area contributed by atoms with Gasteiger partial charge in [0.15, 0.2) is 6.21 Å². The Hall–Kier alpha value is -1.06. The van der Waals surface area contributed by atoms with E-state index in [0.29, 0.717) is 25.4 Å². The van der Waals surface area contributed by atoms with Crippen LogP contribution in [-0.2, 0) is 9.53 Å². The molecule has 1 aliphatic carbocycles. The Kier molecular flexibility index (Phi) is 3.69. The molecule has 0 aromatic carbocycles. The Bertz CT molecular complexity index is 321. The van der Waals surface area contributed by atoms with E-state index < -0.39 is 5.54 Å². The third-order valence-corrected chi connectivity index (χ3v) is 4.03. The van der Waals surface area contributed by atoms with Crippen LogP contribution < -0.4 is 0 Å². The van der Waals surface area contributed by atoms with Gasteiger partial charge >= 0.3 is 5.97 Å². The van der Waals surface area contributed by atoms with Gasteiger partial charge in [0.1, 0.15) is 0 Å². The van der Waals surface area contributed by atoms with Gasteiger partial charge in [0.2, 0.25) is 0 Å². The van der Waals surface area contributed by atoms with E-state index in [9.17, 15) is 10.0 Å². The SMILES string of the molecule is C[C@]1(C(=O)OCC2CCCCC2)CCC=[N+]1[O-]. The van der Waals surface area contributed by atoms with Gasteiger partial charge in [-0.15, -0.1) is 0 Å². The summed E-state index contributed by atoms with van der Waals surface area (Å²) < 4.78 is 6.10. The summed E-state index contributed by atoms with van der Waals surface area (Å²) in [7, 11) is 0. The maximum Gasteiger partial charge on any atom is 0.379 e. The van der Waals surface area contributed by atoms with Crippen molar-refractivity contribution in [3.05, 3.63) is 5.21 Å². The van der Waals surface area contributed by atoms with Crippen LogP contribution in [0.3, 0.4) is 0 Å². The van der Waals surface area contributed by atoms with Gasteiger partial charge in [-0.05, 0) is 18.8 Å². The molecule has 1 aliphatic heterocycles. The van der Waals surface area contributed by atoms with Gasteiger partial charge in [-0.1, -0.05) is 19.3 Å². The number of esters is 1. The predicted molar refractivity (Wildman–Crippen MR) is 64.9 cm³/mol. The first kappa shape index (κ1) is 12.4. The van der Waals surface area contributed by atoms with E-state index in [1.807, 2.05) is 0 Å². The molecule has 96 valence electrons. The fourth-order valence-corrected chi connectivity index (χ4v) is 2.67. The average Bonchev–Trinajstić information content (AvgIpc) is 2.69. The number of carbonyl (C=O) groups is 1. The van der Waals surface area contributed by atoms with Crippen LogP contribution in [-0.4, -0.2) is 29.1 Å². The smallest absolute Gasteiger partial charge is 0.379 e. The molecular weight excluding hydrogens is 218 g/mol. The van der Waals surface area contributed by atoms with E-state index in [-0.39, 0.29) is 5.97 Å². The van der Waals surface area contributed by atoms with Gasteiger partial charge in [-0.2, -0.15) is 4.74 Å². The Morgan fingerprint density at radius 2 is 2.18 bits per heavy atom. The molecule has 0 aromatic rings. The number of carbonyl (C=O) groups excluding carboxylic acids is 1. The number of ether oxygens (including phenoxy) is 1. The zero-order valence-corrected chi connectivity index (χ0v) is 10.5. The molecule has 1 fully saturated rings. The molecule has 0 saturated heterocycles. The molecule has 1 heterocycles. The lowest BCUT2D eigenvalue weighted by atomic mass is 9.90. The molecule has 0 spiro atoms. The molecule has 2 aliphatic rings. The molecule has 0 aromatic heterocycles. The normalized spacial score (nSPS) is 30.1. The van der Waals surface area contributed by atoms with Gasteiger partial charge in [0, 0.05) is 19.8 Å². The van der Waals surface area contributed by atoms with Crippen molar-refractivity contribution in [2.75, 3.05) is 6.61 Å². The fourth-order valence-electron chi connectivity index (χ4n) is 2.67.